The van der Waals surface area contributed by atoms with E-state index >= 15 is 0 Å². The largest absolute Gasteiger partial charge is 0.465 e. The van der Waals surface area contributed by atoms with E-state index < -0.39 is 17.8 Å². The van der Waals surface area contributed by atoms with Crippen LogP contribution in [-0.4, -0.2) is 119 Å². The van der Waals surface area contributed by atoms with Gasteiger partial charge in [-0.1, -0.05) is 30.3 Å². The predicted octanol–water partition coefficient (Wildman–Crippen LogP) is 4.71. The van der Waals surface area contributed by atoms with Crippen molar-refractivity contribution >= 4 is 12.0 Å². The fraction of sp³-hybridized carbons (Fsp3) is 0.513. The molecule has 2 aromatic carbocycles. The third-order valence-electron chi connectivity index (χ3n) is 10.4. The Hall–Kier alpha value is -4.14. The molecule has 3 aromatic rings. The van der Waals surface area contributed by atoms with E-state index in [1.54, 1.807) is 6.07 Å². The topological polar surface area (TPSA) is 140 Å². The Labute approximate surface area is 304 Å². The number of hydrogen-bond acceptors (Lipinski definition) is 9. The molecule has 2 amide bonds. The molecule has 1 saturated carbocycles. The van der Waals surface area contributed by atoms with Crippen LogP contribution in [0.3, 0.4) is 0 Å². The summed E-state index contributed by atoms with van der Waals surface area (Å²) in [5.74, 6) is -0.663. The molecule has 2 aliphatic heterocycles. The van der Waals surface area contributed by atoms with Gasteiger partial charge in [-0.2, -0.15) is 0 Å². The number of pyridine rings is 1. The van der Waals surface area contributed by atoms with Gasteiger partial charge < -0.3 is 30.3 Å². The van der Waals surface area contributed by atoms with Crippen molar-refractivity contribution in [2.45, 2.75) is 70.2 Å². The Balaban J connectivity index is 1.20. The third-order valence-corrected chi connectivity index (χ3v) is 10.4. The first-order chi connectivity index (χ1) is 25.2. The molecule has 0 radical (unpaired) electrons. The van der Waals surface area contributed by atoms with Crippen molar-refractivity contribution in [1.82, 2.24) is 30.3 Å². The standard InChI is InChI=1S/C39H51FN6O6/c1-27-26-51-19-17-46(27)25-30-20-28(24-45-13-3-12-44(14-15-45)16-18-47)6-11-35(30)29-4-2-5-34(21-29)52-38-36(22-31(40)23-41-38)37(48)42-32-7-9-33(10-8-32)43-39(49)50/h2,4-6,11,20-23,27,32-33,43,47H,3,7-10,12-19,24-26H2,1H3,(H,42,48)(H,49,50)/t27-,32-,33-/m0/s1. The number of aliphatic hydroxyl groups excluding tert-OH is 1. The van der Waals surface area contributed by atoms with Gasteiger partial charge in [-0.25, -0.2) is 14.2 Å². The van der Waals surface area contributed by atoms with Crippen molar-refractivity contribution in [2.24, 2.45) is 0 Å². The molecule has 0 spiro atoms. The number of β-amino-alcohol motifs (C(OH)–C–C–N with tert-alkyl or cyclic N) is 1. The maximum atomic E-state index is 14.4. The van der Waals surface area contributed by atoms with E-state index in [0.29, 0.717) is 44.6 Å². The van der Waals surface area contributed by atoms with Crippen molar-refractivity contribution in [3.8, 4) is 22.8 Å². The lowest BCUT2D eigenvalue weighted by Crippen LogP contribution is -2.43. The number of morpholine rings is 1. The number of rotatable bonds is 12. The summed E-state index contributed by atoms with van der Waals surface area (Å²) in [6, 6.07) is 15.5. The minimum absolute atomic E-state index is 0.00414. The van der Waals surface area contributed by atoms with Gasteiger partial charge in [0.25, 0.3) is 5.91 Å². The monoisotopic (exact) mass is 718 g/mol. The average molecular weight is 719 g/mol. The summed E-state index contributed by atoms with van der Waals surface area (Å²) in [6.07, 6.45) is 3.46. The smallest absolute Gasteiger partial charge is 0.404 e. The summed E-state index contributed by atoms with van der Waals surface area (Å²) in [5.41, 5.74) is 4.48. The molecule has 1 aromatic heterocycles. The Bertz CT molecular complexity index is 1670. The number of benzene rings is 2. The van der Waals surface area contributed by atoms with Crippen LogP contribution in [0.1, 0.15) is 60.5 Å². The number of aromatic nitrogens is 1. The van der Waals surface area contributed by atoms with E-state index in [4.69, 9.17) is 14.6 Å². The molecule has 3 fully saturated rings. The Morgan fingerprint density at radius 1 is 0.962 bits per heavy atom. The van der Waals surface area contributed by atoms with Crippen LogP contribution in [0.5, 0.6) is 11.6 Å². The lowest BCUT2D eigenvalue weighted by atomic mass is 9.91. The summed E-state index contributed by atoms with van der Waals surface area (Å²) in [5, 5.41) is 23.9. The van der Waals surface area contributed by atoms with Gasteiger partial charge in [0.1, 0.15) is 17.1 Å². The predicted molar refractivity (Wildman–Crippen MR) is 195 cm³/mol. The maximum Gasteiger partial charge on any atom is 0.404 e. The number of hydrogen-bond donors (Lipinski definition) is 4. The molecule has 1 aliphatic carbocycles. The molecular formula is C39H51FN6O6. The zero-order valence-electron chi connectivity index (χ0n) is 29.9. The van der Waals surface area contributed by atoms with Crippen LogP contribution in [0.2, 0.25) is 0 Å². The number of nitrogens with zero attached hydrogens (tertiary/aromatic N) is 4. The van der Waals surface area contributed by atoms with Crippen molar-refractivity contribution in [2.75, 3.05) is 59.1 Å². The van der Waals surface area contributed by atoms with Gasteiger partial charge in [0.05, 0.1) is 26.0 Å². The molecule has 6 rings (SSSR count). The van der Waals surface area contributed by atoms with Gasteiger partial charge in [0.15, 0.2) is 0 Å². The Morgan fingerprint density at radius 2 is 1.73 bits per heavy atom. The van der Waals surface area contributed by atoms with E-state index in [9.17, 15) is 19.1 Å². The molecule has 2 saturated heterocycles. The molecule has 13 heteroatoms. The number of halogens is 1. The second-order valence-electron chi connectivity index (χ2n) is 14.2. The van der Waals surface area contributed by atoms with Gasteiger partial charge in [-0.05, 0) is 92.6 Å². The highest BCUT2D eigenvalue weighted by atomic mass is 19.1. The van der Waals surface area contributed by atoms with Gasteiger partial charge in [0, 0.05) is 57.4 Å². The molecular weight excluding hydrogens is 667 g/mol. The summed E-state index contributed by atoms with van der Waals surface area (Å²) in [7, 11) is 0. The number of aliphatic hydroxyl groups is 1. The highest BCUT2D eigenvalue weighted by Gasteiger charge is 2.26. The molecule has 3 heterocycles. The molecule has 12 nitrogen and oxygen atoms in total. The second kappa shape index (κ2) is 18.1. The molecule has 3 aliphatic rings. The van der Waals surface area contributed by atoms with E-state index in [1.807, 2.05) is 18.2 Å². The van der Waals surface area contributed by atoms with Gasteiger partial charge >= 0.3 is 6.09 Å². The zero-order chi connectivity index (χ0) is 36.5. The van der Waals surface area contributed by atoms with Gasteiger partial charge in [-0.15, -0.1) is 0 Å². The van der Waals surface area contributed by atoms with Crippen molar-refractivity contribution in [3.05, 3.63) is 77.2 Å². The number of amides is 2. The van der Waals surface area contributed by atoms with Crippen LogP contribution in [-0.2, 0) is 17.8 Å². The quantitative estimate of drug-likeness (QED) is 0.208. The van der Waals surface area contributed by atoms with Crippen molar-refractivity contribution in [3.63, 3.8) is 0 Å². The molecule has 280 valence electrons. The van der Waals surface area contributed by atoms with Crippen LogP contribution in [0.25, 0.3) is 11.1 Å². The Morgan fingerprint density at radius 3 is 2.50 bits per heavy atom. The van der Waals surface area contributed by atoms with Crippen LogP contribution in [0, 0.1) is 5.82 Å². The van der Waals surface area contributed by atoms with E-state index in [1.165, 1.54) is 11.1 Å². The summed E-state index contributed by atoms with van der Waals surface area (Å²) < 4.78 is 26.3. The fourth-order valence-electron chi connectivity index (χ4n) is 7.51. The van der Waals surface area contributed by atoms with Crippen LogP contribution in [0.15, 0.2) is 54.7 Å². The second-order valence-corrected chi connectivity index (χ2v) is 14.2. The van der Waals surface area contributed by atoms with Crippen molar-refractivity contribution in [1.29, 1.82) is 0 Å². The molecule has 52 heavy (non-hydrogen) atoms. The first-order valence-electron chi connectivity index (χ1n) is 18.5. The summed E-state index contributed by atoms with van der Waals surface area (Å²) in [6.45, 7) is 10.9. The number of carboxylic acid groups (broad SMARTS) is 1. The fourth-order valence-corrected chi connectivity index (χ4v) is 7.51. The number of carbonyl (C=O) groups is 2. The lowest BCUT2D eigenvalue weighted by molar-refractivity contribution is -0.00431. The molecule has 1 atom stereocenters. The first-order valence-corrected chi connectivity index (χ1v) is 18.5. The van der Waals surface area contributed by atoms with E-state index in [-0.39, 0.29) is 36.2 Å². The number of nitrogens with one attached hydrogen (secondary N) is 2. The summed E-state index contributed by atoms with van der Waals surface area (Å²) in [4.78, 5) is 35.8. The maximum absolute atomic E-state index is 14.4. The normalized spacial score (nSPS) is 22.0. The minimum Gasteiger partial charge on any atom is -0.465 e. The van der Waals surface area contributed by atoms with E-state index in [2.05, 4.69) is 55.4 Å². The van der Waals surface area contributed by atoms with Gasteiger partial charge in [0.2, 0.25) is 5.88 Å². The SMILES string of the molecule is C[C@H]1COCCN1Cc1cc(CN2CCCN(CCO)CC2)ccc1-c1cccc(Oc2ncc(F)cc2C(=O)N[C@H]2CC[C@H](NC(=O)O)CC2)c1. The highest BCUT2D eigenvalue weighted by Crippen LogP contribution is 2.32. The molecule has 0 unspecified atom stereocenters. The summed E-state index contributed by atoms with van der Waals surface area (Å²) >= 11 is 0. The molecule has 0 bridgehead atoms. The number of ether oxygens (including phenoxy) is 2. The highest BCUT2D eigenvalue weighted by molar-refractivity contribution is 5.96. The van der Waals surface area contributed by atoms with E-state index in [0.717, 1.165) is 82.2 Å². The molecule has 4 N–H and O–H groups in total. The van der Waals surface area contributed by atoms with Crippen molar-refractivity contribution < 1.29 is 33.7 Å². The Kier molecular flexibility index (Phi) is 13.1. The lowest BCUT2D eigenvalue weighted by Gasteiger charge is -2.34. The van der Waals surface area contributed by atoms with Crippen LogP contribution < -0.4 is 15.4 Å². The minimum atomic E-state index is -1.06. The first kappa shape index (κ1) is 37.6. The zero-order valence-corrected chi connectivity index (χ0v) is 29.9. The average Bonchev–Trinajstić information content (AvgIpc) is 3.35. The van der Waals surface area contributed by atoms with Gasteiger partial charge in [-0.3, -0.25) is 19.5 Å². The van der Waals surface area contributed by atoms with Crippen LogP contribution in [0.4, 0.5) is 9.18 Å². The van der Waals surface area contributed by atoms with Crippen LogP contribution >= 0.6 is 0 Å². The number of carbonyl (C=O) groups excluding carboxylic acids is 1. The third kappa shape index (κ3) is 10.3.